The zero-order chi connectivity index (χ0) is 23.3. The van der Waals surface area contributed by atoms with Crippen molar-refractivity contribution in [1.82, 2.24) is 0 Å². The van der Waals surface area contributed by atoms with E-state index in [1.165, 1.54) is 4.90 Å². The van der Waals surface area contributed by atoms with Gasteiger partial charge in [-0.15, -0.1) is 0 Å². The molecular weight excluding hydrogens is 440 g/mol. The van der Waals surface area contributed by atoms with Crippen molar-refractivity contribution < 1.29 is 22.7 Å². The number of benzene rings is 3. The van der Waals surface area contributed by atoms with E-state index in [9.17, 15) is 18.0 Å². The fraction of sp³-hybridized carbons (Fsp3) is 0.200. The van der Waals surface area contributed by atoms with E-state index in [-0.39, 0.29) is 35.7 Å². The third-order valence-electron chi connectivity index (χ3n) is 5.39. The molecule has 0 aromatic heterocycles. The number of sulfone groups is 1. The summed E-state index contributed by atoms with van der Waals surface area (Å²) in [5.74, 6) is -0.486. The molecule has 1 aliphatic rings. The van der Waals surface area contributed by atoms with Gasteiger partial charge in [-0.2, -0.15) is 0 Å². The van der Waals surface area contributed by atoms with E-state index in [1.54, 1.807) is 60.7 Å². The summed E-state index contributed by atoms with van der Waals surface area (Å²) in [6, 6.07) is 24.2. The topological polar surface area (TPSA) is 92.8 Å². The van der Waals surface area contributed by atoms with Gasteiger partial charge in [-0.3, -0.25) is 9.59 Å². The average Bonchev–Trinajstić information content (AvgIpc) is 3.18. The Morgan fingerprint density at radius 2 is 1.55 bits per heavy atom. The highest BCUT2D eigenvalue weighted by Crippen LogP contribution is 2.25. The number of rotatable bonds is 7. The molecule has 1 aliphatic heterocycles. The summed E-state index contributed by atoms with van der Waals surface area (Å²) in [4.78, 5) is 27.5. The van der Waals surface area contributed by atoms with Crippen LogP contribution in [0.4, 0.5) is 11.4 Å². The molecule has 0 unspecified atom stereocenters. The van der Waals surface area contributed by atoms with Crippen LogP contribution < -0.4 is 15.0 Å². The largest absolute Gasteiger partial charge is 0.483 e. The van der Waals surface area contributed by atoms with Crippen LogP contribution in [0.5, 0.6) is 5.75 Å². The van der Waals surface area contributed by atoms with Crippen LogP contribution in [-0.4, -0.2) is 44.4 Å². The minimum absolute atomic E-state index is 0.0532. The van der Waals surface area contributed by atoms with Gasteiger partial charge in [0, 0.05) is 11.4 Å². The minimum Gasteiger partial charge on any atom is -0.483 e. The first-order valence-electron chi connectivity index (χ1n) is 10.6. The van der Waals surface area contributed by atoms with E-state index >= 15 is 0 Å². The van der Waals surface area contributed by atoms with Crippen molar-refractivity contribution in [3.8, 4) is 5.75 Å². The zero-order valence-corrected chi connectivity index (χ0v) is 18.7. The lowest BCUT2D eigenvalue weighted by atomic mass is 10.1. The van der Waals surface area contributed by atoms with Gasteiger partial charge in [0.25, 0.3) is 11.8 Å². The number of nitrogens with one attached hydrogen (secondary N) is 1. The highest BCUT2D eigenvalue weighted by Gasteiger charge is 2.35. The molecule has 170 valence electrons. The zero-order valence-electron chi connectivity index (χ0n) is 17.9. The van der Waals surface area contributed by atoms with Gasteiger partial charge in [0.1, 0.15) is 5.75 Å². The van der Waals surface area contributed by atoms with E-state index in [1.807, 2.05) is 24.3 Å². The van der Waals surface area contributed by atoms with Crippen LogP contribution in [0.1, 0.15) is 16.8 Å². The Labute approximate surface area is 192 Å². The number of carbonyl (C=O) groups is 2. The van der Waals surface area contributed by atoms with Gasteiger partial charge in [0.15, 0.2) is 16.4 Å². The molecule has 0 bridgehead atoms. The lowest BCUT2D eigenvalue weighted by Crippen LogP contribution is -2.44. The average molecular weight is 465 g/mol. The molecule has 1 N–H and O–H groups in total. The van der Waals surface area contributed by atoms with Crippen LogP contribution in [0.25, 0.3) is 0 Å². The Hall–Kier alpha value is -3.65. The van der Waals surface area contributed by atoms with Gasteiger partial charge in [-0.1, -0.05) is 48.5 Å². The first-order valence-corrected chi connectivity index (χ1v) is 12.4. The van der Waals surface area contributed by atoms with Crippen LogP contribution in [0.15, 0.2) is 84.9 Å². The third kappa shape index (κ3) is 5.59. The van der Waals surface area contributed by atoms with Crippen molar-refractivity contribution in [2.45, 2.75) is 12.5 Å². The SMILES string of the molecule is O=C(Nc1ccccc1)c1ccccc1OCC(=O)N(c1ccccc1)[C@@H]1CCS(=O)(=O)C1. The van der Waals surface area contributed by atoms with Gasteiger partial charge >= 0.3 is 0 Å². The highest BCUT2D eigenvalue weighted by atomic mass is 32.2. The summed E-state index contributed by atoms with van der Waals surface area (Å²) in [6.45, 7) is -0.332. The van der Waals surface area contributed by atoms with E-state index in [4.69, 9.17) is 4.74 Å². The molecule has 1 saturated heterocycles. The molecule has 0 saturated carbocycles. The molecule has 0 spiro atoms. The second kappa shape index (κ2) is 9.87. The monoisotopic (exact) mass is 464 g/mol. The molecule has 2 amide bonds. The van der Waals surface area contributed by atoms with Crippen molar-refractivity contribution in [3.63, 3.8) is 0 Å². The number of carbonyl (C=O) groups excluding carboxylic acids is 2. The predicted molar refractivity (Wildman–Crippen MR) is 127 cm³/mol. The van der Waals surface area contributed by atoms with Crippen molar-refractivity contribution >= 4 is 33.0 Å². The van der Waals surface area contributed by atoms with E-state index in [0.717, 1.165) is 0 Å². The van der Waals surface area contributed by atoms with Gasteiger partial charge in [-0.05, 0) is 42.8 Å². The summed E-state index contributed by atoms with van der Waals surface area (Å²) < 4.78 is 29.8. The molecule has 33 heavy (non-hydrogen) atoms. The Bertz CT molecular complexity index is 1230. The number of anilines is 2. The first-order chi connectivity index (χ1) is 15.9. The molecule has 8 heteroatoms. The molecule has 4 rings (SSSR count). The van der Waals surface area contributed by atoms with Crippen molar-refractivity contribution in [2.75, 3.05) is 28.3 Å². The van der Waals surface area contributed by atoms with Gasteiger partial charge in [0.2, 0.25) is 0 Å². The Morgan fingerprint density at radius 3 is 2.21 bits per heavy atom. The maximum absolute atomic E-state index is 13.2. The molecule has 1 atom stereocenters. The maximum Gasteiger partial charge on any atom is 0.265 e. The van der Waals surface area contributed by atoms with Crippen LogP contribution in [0, 0.1) is 0 Å². The van der Waals surface area contributed by atoms with Gasteiger partial charge < -0.3 is 15.0 Å². The summed E-state index contributed by atoms with van der Waals surface area (Å²) in [7, 11) is -3.18. The molecule has 0 radical (unpaired) electrons. The second-order valence-corrected chi connectivity index (χ2v) is 9.99. The lowest BCUT2D eigenvalue weighted by Gasteiger charge is -2.28. The highest BCUT2D eigenvalue weighted by molar-refractivity contribution is 7.91. The second-order valence-electron chi connectivity index (χ2n) is 7.76. The number of nitrogens with zero attached hydrogens (tertiary/aromatic N) is 1. The number of hydrogen-bond donors (Lipinski definition) is 1. The molecule has 7 nitrogen and oxygen atoms in total. The fourth-order valence-corrected chi connectivity index (χ4v) is 5.53. The van der Waals surface area contributed by atoms with Gasteiger partial charge in [-0.25, -0.2) is 8.42 Å². The van der Waals surface area contributed by atoms with Crippen molar-refractivity contribution in [1.29, 1.82) is 0 Å². The first kappa shape index (κ1) is 22.5. The molecule has 1 fully saturated rings. The van der Waals surface area contributed by atoms with Crippen LogP contribution in [0.3, 0.4) is 0 Å². The van der Waals surface area contributed by atoms with Crippen molar-refractivity contribution in [2.24, 2.45) is 0 Å². The summed E-state index contributed by atoms with van der Waals surface area (Å²) in [5.41, 5.74) is 1.55. The Morgan fingerprint density at radius 1 is 0.909 bits per heavy atom. The van der Waals surface area contributed by atoms with Crippen LogP contribution >= 0.6 is 0 Å². The number of para-hydroxylation sites is 3. The van der Waals surface area contributed by atoms with E-state index < -0.39 is 15.9 Å². The summed E-state index contributed by atoms with van der Waals surface area (Å²) in [5, 5.41) is 2.81. The molecule has 3 aromatic carbocycles. The third-order valence-corrected chi connectivity index (χ3v) is 7.14. The molecule has 0 aliphatic carbocycles. The molecule has 1 heterocycles. The fourth-order valence-electron chi connectivity index (χ4n) is 3.84. The minimum atomic E-state index is -3.18. The van der Waals surface area contributed by atoms with Crippen LogP contribution in [0.2, 0.25) is 0 Å². The number of amides is 2. The Kier molecular flexibility index (Phi) is 6.74. The standard InChI is InChI=1S/C25H24N2O5S/c28-24(27(20-11-5-2-6-12-20)21-15-16-33(30,31)18-21)17-32-23-14-8-7-13-22(23)25(29)26-19-9-3-1-4-10-19/h1-14,21H,15-18H2,(H,26,29)/t21-/m1/s1. The Balaban J connectivity index is 1.51. The summed E-state index contributed by atoms with van der Waals surface area (Å²) >= 11 is 0. The molecule has 3 aromatic rings. The maximum atomic E-state index is 13.2. The van der Waals surface area contributed by atoms with E-state index in [0.29, 0.717) is 23.4 Å². The quantitative estimate of drug-likeness (QED) is 0.577. The van der Waals surface area contributed by atoms with Crippen LogP contribution in [-0.2, 0) is 14.6 Å². The van der Waals surface area contributed by atoms with Crippen molar-refractivity contribution in [3.05, 3.63) is 90.5 Å². The normalized spacial score (nSPS) is 16.7. The number of hydrogen-bond acceptors (Lipinski definition) is 5. The smallest absolute Gasteiger partial charge is 0.265 e. The number of ether oxygens (including phenoxy) is 1. The van der Waals surface area contributed by atoms with E-state index in [2.05, 4.69) is 5.32 Å². The predicted octanol–water partition coefficient (Wildman–Crippen LogP) is 3.54. The van der Waals surface area contributed by atoms with Gasteiger partial charge in [0.05, 0.1) is 23.1 Å². The summed E-state index contributed by atoms with van der Waals surface area (Å²) in [6.07, 6.45) is 0.374. The lowest BCUT2D eigenvalue weighted by molar-refractivity contribution is -0.121. The molecular formula is C25H24N2O5S.